The second-order valence-electron chi connectivity index (χ2n) is 8.65. The first-order valence-corrected chi connectivity index (χ1v) is 11.7. The Hall–Kier alpha value is -1.73. The maximum atomic E-state index is 5.15. The van der Waals surface area contributed by atoms with Crippen molar-refractivity contribution in [2.45, 2.75) is 92.9 Å². The van der Waals surface area contributed by atoms with E-state index >= 15 is 0 Å². The zero-order valence-corrected chi connectivity index (χ0v) is 21.3. The molecule has 0 N–H and O–H groups in total. The molecule has 0 aromatic heterocycles. The van der Waals surface area contributed by atoms with Gasteiger partial charge in [-0.15, -0.1) is 0 Å². The Balaban J connectivity index is 0.00000480. The van der Waals surface area contributed by atoms with Gasteiger partial charge in [0.1, 0.15) is 0 Å². The maximum Gasteiger partial charge on any atom is 0.0639 e. The summed E-state index contributed by atoms with van der Waals surface area (Å²) in [6, 6.07) is 13.1. The fourth-order valence-corrected chi connectivity index (χ4v) is 3.71. The summed E-state index contributed by atoms with van der Waals surface area (Å²) in [5.74, 6) is 0. The summed E-state index contributed by atoms with van der Waals surface area (Å²) in [5.41, 5.74) is 9.57. The Morgan fingerprint density at radius 2 is 1.19 bits per heavy atom. The molecule has 2 nitrogen and oxygen atoms in total. The molecule has 0 amide bonds. The van der Waals surface area contributed by atoms with Crippen LogP contribution in [-0.2, 0) is 16.5 Å². The van der Waals surface area contributed by atoms with Gasteiger partial charge >= 0.3 is 0 Å². The topological polar surface area (TPSA) is 24.7 Å². The van der Waals surface area contributed by atoms with Crippen LogP contribution in [0.25, 0.3) is 0 Å². The van der Waals surface area contributed by atoms with E-state index in [1.165, 1.54) is 60.1 Å². The number of nitrogens with zero attached hydrogens (tertiary/aromatic N) is 2. The van der Waals surface area contributed by atoms with Gasteiger partial charge in [-0.05, 0) is 99.9 Å². The molecule has 2 aromatic carbocycles. The Bertz CT molecular complexity index is 860. The second-order valence-corrected chi connectivity index (χ2v) is 8.65. The minimum absolute atomic E-state index is 0. The average Bonchev–Trinajstić information content (AvgIpc) is 2.69. The third kappa shape index (κ3) is 9.52. The molecule has 0 unspecified atom stereocenters. The molecule has 0 heterocycles. The first-order chi connectivity index (χ1) is 14.4. The van der Waals surface area contributed by atoms with E-state index in [9.17, 15) is 0 Å². The quantitative estimate of drug-likeness (QED) is 0.181. The Morgan fingerprint density at radius 1 is 0.613 bits per heavy atom. The summed E-state index contributed by atoms with van der Waals surface area (Å²) in [7, 11) is 0. The largest absolute Gasteiger partial charge is 0.252 e. The number of aryl methyl sites for hydroxylation is 4. The van der Waals surface area contributed by atoms with Gasteiger partial charge in [-0.3, -0.25) is 9.98 Å². The SMILES string of the molecule is CCCCCCC(=Nc1cc(C)cc(C)c1)C(CCCC)=Nc1ccc(C)c(C)c1.[Ni]. The number of aliphatic imine (C=N–C) groups is 2. The molecule has 31 heavy (non-hydrogen) atoms. The normalized spacial score (nSPS) is 12.1. The van der Waals surface area contributed by atoms with Gasteiger partial charge in [0.2, 0.25) is 0 Å². The van der Waals surface area contributed by atoms with Gasteiger partial charge in [-0.25, -0.2) is 0 Å². The zero-order valence-electron chi connectivity index (χ0n) is 20.3. The first kappa shape index (κ1) is 27.3. The minimum atomic E-state index is 0. The van der Waals surface area contributed by atoms with Gasteiger partial charge in [-0.2, -0.15) is 0 Å². The third-order valence-corrected chi connectivity index (χ3v) is 5.59. The van der Waals surface area contributed by atoms with E-state index in [0.29, 0.717) is 0 Å². The molecular formula is C28H40N2Ni. The van der Waals surface area contributed by atoms with Gasteiger partial charge in [0, 0.05) is 16.5 Å². The average molecular weight is 463 g/mol. The molecule has 0 saturated carbocycles. The smallest absolute Gasteiger partial charge is 0.0639 e. The van der Waals surface area contributed by atoms with Crippen LogP contribution in [0.15, 0.2) is 46.4 Å². The van der Waals surface area contributed by atoms with E-state index in [4.69, 9.17) is 9.98 Å². The van der Waals surface area contributed by atoms with Crippen LogP contribution < -0.4 is 0 Å². The minimum Gasteiger partial charge on any atom is -0.252 e. The monoisotopic (exact) mass is 462 g/mol. The van der Waals surface area contributed by atoms with E-state index in [-0.39, 0.29) is 16.5 Å². The standard InChI is InChI=1S/C28H40N2.Ni/c1-7-9-11-12-14-28(30-26-18-21(3)17-22(4)19-26)27(13-10-8-2)29-25-16-15-23(5)24(6)20-25;/h15-20H,7-14H2,1-6H3;. The van der Waals surface area contributed by atoms with Crippen molar-refractivity contribution in [1.29, 1.82) is 0 Å². The number of unbranched alkanes of at least 4 members (excludes halogenated alkanes) is 4. The molecule has 0 aliphatic rings. The molecule has 172 valence electrons. The summed E-state index contributed by atoms with van der Waals surface area (Å²) in [6.07, 6.45) is 9.27. The van der Waals surface area contributed by atoms with E-state index in [2.05, 4.69) is 77.9 Å². The zero-order chi connectivity index (χ0) is 21.9. The molecule has 0 saturated heterocycles. The maximum absolute atomic E-state index is 5.15. The fourth-order valence-electron chi connectivity index (χ4n) is 3.71. The number of hydrogen-bond donors (Lipinski definition) is 0. The van der Waals surface area contributed by atoms with Crippen LogP contribution in [0, 0.1) is 27.7 Å². The molecule has 2 aromatic rings. The molecule has 0 atom stereocenters. The van der Waals surface area contributed by atoms with Gasteiger partial charge in [0.15, 0.2) is 0 Å². The summed E-state index contributed by atoms with van der Waals surface area (Å²) in [5, 5.41) is 0. The molecule has 3 heteroatoms. The van der Waals surface area contributed by atoms with Crippen molar-refractivity contribution in [3.8, 4) is 0 Å². The van der Waals surface area contributed by atoms with Gasteiger partial charge in [-0.1, -0.05) is 51.7 Å². The van der Waals surface area contributed by atoms with Gasteiger partial charge in [0.05, 0.1) is 22.8 Å². The van der Waals surface area contributed by atoms with Crippen LogP contribution in [-0.4, -0.2) is 11.4 Å². The van der Waals surface area contributed by atoms with Crippen molar-refractivity contribution in [1.82, 2.24) is 0 Å². The van der Waals surface area contributed by atoms with Gasteiger partial charge in [0.25, 0.3) is 0 Å². The van der Waals surface area contributed by atoms with E-state index < -0.39 is 0 Å². The molecule has 0 fully saturated rings. The van der Waals surface area contributed by atoms with Crippen LogP contribution >= 0.6 is 0 Å². The Labute approximate surface area is 200 Å². The molecule has 0 bridgehead atoms. The predicted octanol–water partition coefficient (Wildman–Crippen LogP) is 8.92. The second kappa shape index (κ2) is 14.4. The van der Waals surface area contributed by atoms with Crippen LogP contribution in [0.3, 0.4) is 0 Å². The number of rotatable bonds is 11. The van der Waals surface area contributed by atoms with Crippen LogP contribution in [0.1, 0.15) is 87.5 Å². The van der Waals surface area contributed by atoms with E-state index in [1.54, 1.807) is 0 Å². The van der Waals surface area contributed by atoms with Crippen molar-refractivity contribution in [2.24, 2.45) is 9.98 Å². The van der Waals surface area contributed by atoms with Crippen molar-refractivity contribution in [3.63, 3.8) is 0 Å². The molecule has 0 aliphatic heterocycles. The Morgan fingerprint density at radius 3 is 1.77 bits per heavy atom. The van der Waals surface area contributed by atoms with E-state index in [0.717, 1.165) is 36.3 Å². The molecular weight excluding hydrogens is 423 g/mol. The predicted molar refractivity (Wildman–Crippen MR) is 134 cm³/mol. The molecule has 0 spiro atoms. The summed E-state index contributed by atoms with van der Waals surface area (Å²) >= 11 is 0. The van der Waals surface area contributed by atoms with Crippen LogP contribution in [0.4, 0.5) is 11.4 Å². The third-order valence-electron chi connectivity index (χ3n) is 5.59. The van der Waals surface area contributed by atoms with Gasteiger partial charge < -0.3 is 0 Å². The van der Waals surface area contributed by atoms with E-state index in [1.807, 2.05) is 0 Å². The van der Waals surface area contributed by atoms with Crippen molar-refractivity contribution < 1.29 is 16.5 Å². The first-order valence-electron chi connectivity index (χ1n) is 11.7. The molecule has 0 aliphatic carbocycles. The molecule has 0 radical (unpaired) electrons. The summed E-state index contributed by atoms with van der Waals surface area (Å²) in [4.78, 5) is 10.3. The fraction of sp³-hybridized carbons (Fsp3) is 0.500. The van der Waals surface area contributed by atoms with Crippen molar-refractivity contribution in [3.05, 3.63) is 58.7 Å². The number of hydrogen-bond acceptors (Lipinski definition) is 2. The number of benzene rings is 2. The summed E-state index contributed by atoms with van der Waals surface area (Å²) in [6.45, 7) is 13.1. The van der Waals surface area contributed by atoms with Crippen LogP contribution in [0.2, 0.25) is 0 Å². The summed E-state index contributed by atoms with van der Waals surface area (Å²) < 4.78 is 0. The molecule has 2 rings (SSSR count). The van der Waals surface area contributed by atoms with Crippen molar-refractivity contribution >= 4 is 22.8 Å². The van der Waals surface area contributed by atoms with Crippen LogP contribution in [0.5, 0.6) is 0 Å². The van der Waals surface area contributed by atoms with Crippen molar-refractivity contribution in [2.75, 3.05) is 0 Å². The Kier molecular flexibility index (Phi) is 12.6.